The number of aldehydes is 1. The maximum Gasteiger partial charge on any atom is 0.374 e. The second-order valence-electron chi connectivity index (χ2n) is 1.45. The van der Waals surface area contributed by atoms with E-state index in [-0.39, 0.29) is 6.29 Å². The number of carboxylic acid groups (broad SMARTS) is 1. The van der Waals surface area contributed by atoms with Crippen LogP contribution in [0.2, 0.25) is 0 Å². The quantitative estimate of drug-likeness (QED) is 0.135. The summed E-state index contributed by atoms with van der Waals surface area (Å²) in [7, 11) is 0. The molecular weight excluding hydrogens is 140 g/mol. The summed E-state index contributed by atoms with van der Waals surface area (Å²) in [6, 6.07) is -1.45. The predicted octanol–water partition coefficient (Wildman–Crippen LogP) is -2.33. The van der Waals surface area contributed by atoms with Gasteiger partial charge in [-0.3, -0.25) is 10.6 Å². The largest absolute Gasteiger partial charge is 0.475 e. The van der Waals surface area contributed by atoms with Gasteiger partial charge in [-0.25, -0.2) is 10.2 Å². The van der Waals surface area contributed by atoms with E-state index in [2.05, 4.69) is 5.84 Å². The summed E-state index contributed by atoms with van der Waals surface area (Å²) in [4.78, 5) is 30.0. The van der Waals surface area contributed by atoms with Crippen LogP contribution in [-0.4, -0.2) is 29.2 Å². The van der Waals surface area contributed by atoms with E-state index in [0.717, 1.165) is 0 Å². The summed E-state index contributed by atoms with van der Waals surface area (Å²) < 4.78 is 0. The summed E-state index contributed by atoms with van der Waals surface area (Å²) >= 11 is 0. The Morgan fingerprint density at radius 2 is 2.10 bits per heavy atom. The van der Waals surface area contributed by atoms with Crippen molar-refractivity contribution in [3.8, 4) is 0 Å². The Kier molecular flexibility index (Phi) is 3.23. The Balaban J connectivity index is 4.15. The first kappa shape index (κ1) is 8.73. The molecule has 0 radical (unpaired) electrons. The molecule has 0 aliphatic rings. The van der Waals surface area contributed by atoms with E-state index >= 15 is 0 Å². The third-order valence-electron chi connectivity index (χ3n) is 0.809. The number of nitrogens with two attached hydrogens (primary N) is 1. The van der Waals surface area contributed by atoms with Crippen molar-refractivity contribution in [3.05, 3.63) is 0 Å². The lowest BCUT2D eigenvalue weighted by atomic mass is 10.2. The average Bonchev–Trinajstić information content (AvgIpc) is 1.90. The van der Waals surface area contributed by atoms with Gasteiger partial charge in [0.1, 0.15) is 12.3 Å². The minimum atomic E-state index is -1.69. The molecule has 4 N–H and O–H groups in total. The number of hydrazine groups is 1. The molecule has 0 aromatic heterocycles. The summed E-state index contributed by atoms with van der Waals surface area (Å²) in [5.74, 6) is 1.71. The molecule has 0 amide bonds. The van der Waals surface area contributed by atoms with E-state index < -0.39 is 17.8 Å². The van der Waals surface area contributed by atoms with Crippen molar-refractivity contribution in [2.75, 3.05) is 0 Å². The second kappa shape index (κ2) is 3.70. The van der Waals surface area contributed by atoms with Crippen molar-refractivity contribution >= 4 is 18.0 Å². The third kappa shape index (κ3) is 1.92. The lowest BCUT2D eigenvalue weighted by molar-refractivity contribution is -0.150. The maximum atomic E-state index is 10.3. The number of carbonyl (C=O) groups is 3. The SMILES string of the molecule is NNC(C=O)C(=O)C(=O)O. The smallest absolute Gasteiger partial charge is 0.374 e. The fourth-order valence-corrected chi connectivity index (χ4v) is 0.310. The van der Waals surface area contributed by atoms with E-state index in [1.807, 2.05) is 0 Å². The van der Waals surface area contributed by atoms with Crippen LogP contribution in [0.15, 0.2) is 0 Å². The number of nitrogens with one attached hydrogen (secondary N) is 1. The fourth-order valence-electron chi connectivity index (χ4n) is 0.310. The van der Waals surface area contributed by atoms with Gasteiger partial charge in [0.05, 0.1) is 0 Å². The van der Waals surface area contributed by atoms with Crippen LogP contribution in [0.4, 0.5) is 0 Å². The van der Waals surface area contributed by atoms with Crippen LogP contribution in [0.3, 0.4) is 0 Å². The highest BCUT2D eigenvalue weighted by atomic mass is 16.4. The molecule has 1 atom stereocenters. The molecule has 0 aliphatic heterocycles. The van der Waals surface area contributed by atoms with Crippen molar-refractivity contribution in [3.63, 3.8) is 0 Å². The van der Waals surface area contributed by atoms with Gasteiger partial charge in [-0.05, 0) is 0 Å². The molecule has 0 saturated heterocycles. The maximum absolute atomic E-state index is 10.3. The van der Waals surface area contributed by atoms with Gasteiger partial charge < -0.3 is 9.90 Å². The standard InChI is InChI=1S/C4H6N2O4/c5-6-2(1-7)3(8)4(9)10/h1-2,6H,5H2,(H,9,10). The van der Waals surface area contributed by atoms with Crippen LogP contribution in [0, 0.1) is 0 Å². The molecule has 10 heavy (non-hydrogen) atoms. The van der Waals surface area contributed by atoms with Gasteiger partial charge in [0.15, 0.2) is 0 Å². The van der Waals surface area contributed by atoms with E-state index in [4.69, 9.17) is 5.11 Å². The number of ketones is 1. The van der Waals surface area contributed by atoms with Gasteiger partial charge in [-0.2, -0.15) is 0 Å². The summed E-state index contributed by atoms with van der Waals surface area (Å²) in [6.45, 7) is 0. The van der Waals surface area contributed by atoms with Crippen molar-refractivity contribution in [1.82, 2.24) is 5.43 Å². The topological polar surface area (TPSA) is 109 Å². The molecule has 6 nitrogen and oxygen atoms in total. The molecule has 0 aromatic rings. The van der Waals surface area contributed by atoms with Crippen molar-refractivity contribution in [2.45, 2.75) is 6.04 Å². The first-order valence-electron chi connectivity index (χ1n) is 2.32. The molecule has 56 valence electrons. The minimum Gasteiger partial charge on any atom is -0.475 e. The Morgan fingerprint density at radius 1 is 1.60 bits per heavy atom. The highest BCUT2D eigenvalue weighted by molar-refractivity contribution is 6.37. The second-order valence-corrected chi connectivity index (χ2v) is 1.45. The zero-order chi connectivity index (χ0) is 8.15. The molecule has 1 unspecified atom stereocenters. The Hall–Kier alpha value is -1.27. The number of rotatable bonds is 4. The zero-order valence-corrected chi connectivity index (χ0v) is 4.90. The Labute approximate surface area is 56.0 Å². The van der Waals surface area contributed by atoms with E-state index in [1.165, 1.54) is 0 Å². The van der Waals surface area contributed by atoms with Crippen molar-refractivity contribution in [1.29, 1.82) is 0 Å². The minimum absolute atomic E-state index is 0.121. The lowest BCUT2D eigenvalue weighted by Crippen LogP contribution is -2.45. The highest BCUT2D eigenvalue weighted by Gasteiger charge is 2.22. The molecular formula is C4H6N2O4. The highest BCUT2D eigenvalue weighted by Crippen LogP contribution is 1.78. The molecule has 0 rings (SSSR count). The number of hydrogen-bond acceptors (Lipinski definition) is 5. The summed E-state index contributed by atoms with van der Waals surface area (Å²) in [6.07, 6.45) is 0.121. The average molecular weight is 146 g/mol. The molecule has 0 aliphatic carbocycles. The molecule has 0 fully saturated rings. The third-order valence-corrected chi connectivity index (χ3v) is 0.809. The zero-order valence-electron chi connectivity index (χ0n) is 4.90. The number of aliphatic carboxylic acids is 1. The van der Waals surface area contributed by atoms with Gasteiger partial charge in [0.25, 0.3) is 5.78 Å². The lowest BCUT2D eigenvalue weighted by Gasteiger charge is -2.01. The van der Waals surface area contributed by atoms with Crippen molar-refractivity contribution in [2.24, 2.45) is 5.84 Å². The van der Waals surface area contributed by atoms with Gasteiger partial charge in [0.2, 0.25) is 0 Å². The summed E-state index contributed by atoms with van der Waals surface area (Å²) in [5, 5.41) is 8.01. The van der Waals surface area contributed by atoms with Gasteiger partial charge in [0, 0.05) is 0 Å². The van der Waals surface area contributed by atoms with Gasteiger partial charge in [-0.1, -0.05) is 0 Å². The van der Waals surface area contributed by atoms with Gasteiger partial charge >= 0.3 is 5.97 Å². The summed E-state index contributed by atoms with van der Waals surface area (Å²) in [5.41, 5.74) is 1.73. The van der Waals surface area contributed by atoms with Crippen LogP contribution in [0.25, 0.3) is 0 Å². The molecule has 0 aromatic carbocycles. The number of Topliss-reactive ketones (excluding diaryl/α,β-unsaturated/α-hetero) is 1. The molecule has 0 bridgehead atoms. The van der Waals surface area contributed by atoms with E-state index in [9.17, 15) is 14.4 Å². The monoisotopic (exact) mass is 146 g/mol. The Bertz CT molecular complexity index is 167. The van der Waals surface area contributed by atoms with Crippen LogP contribution in [0.1, 0.15) is 0 Å². The van der Waals surface area contributed by atoms with E-state index in [0.29, 0.717) is 0 Å². The predicted molar refractivity (Wildman–Crippen MR) is 29.8 cm³/mol. The van der Waals surface area contributed by atoms with Crippen LogP contribution < -0.4 is 11.3 Å². The molecule has 6 heteroatoms. The number of hydrogen-bond donors (Lipinski definition) is 3. The van der Waals surface area contributed by atoms with Crippen LogP contribution >= 0.6 is 0 Å². The number of carbonyl (C=O) groups excluding carboxylic acids is 2. The normalized spacial score (nSPS) is 12.1. The molecule has 0 heterocycles. The van der Waals surface area contributed by atoms with E-state index in [1.54, 1.807) is 5.43 Å². The number of carboxylic acids is 1. The fraction of sp³-hybridized carbons (Fsp3) is 0.250. The molecule has 0 spiro atoms. The Morgan fingerprint density at radius 3 is 2.20 bits per heavy atom. The van der Waals surface area contributed by atoms with Gasteiger partial charge in [-0.15, -0.1) is 0 Å². The van der Waals surface area contributed by atoms with Crippen LogP contribution in [0.5, 0.6) is 0 Å². The molecule has 0 saturated carbocycles. The first-order chi connectivity index (χ1) is 4.63. The van der Waals surface area contributed by atoms with Crippen LogP contribution in [-0.2, 0) is 14.4 Å². The first-order valence-corrected chi connectivity index (χ1v) is 2.32. The van der Waals surface area contributed by atoms with Crippen molar-refractivity contribution < 1.29 is 19.5 Å².